The molecule has 3 rings (SSSR count). The van der Waals surface area contributed by atoms with Crippen LogP contribution in [0.1, 0.15) is 22.8 Å². The molecular formula is C16H14Cl2N2O2S2. The fourth-order valence-electron chi connectivity index (χ4n) is 2.45. The SMILES string of the molecule is CCn1c(=NC(=O)c2cc(Cl)sc2Cl)sc2c(C)ccc(OC)c21. The number of aromatic nitrogens is 1. The minimum atomic E-state index is -0.395. The number of ether oxygens (including phenoxy) is 1. The predicted molar refractivity (Wildman–Crippen MR) is 101 cm³/mol. The molecule has 0 saturated carbocycles. The summed E-state index contributed by atoms with van der Waals surface area (Å²) in [5.74, 6) is 0.368. The van der Waals surface area contributed by atoms with Crippen LogP contribution in [0, 0.1) is 6.92 Å². The second-order valence-corrected chi connectivity index (χ2v) is 8.31. The molecule has 0 atom stereocenters. The van der Waals surface area contributed by atoms with Crippen LogP contribution in [-0.2, 0) is 6.54 Å². The van der Waals surface area contributed by atoms with E-state index in [0.29, 0.717) is 25.6 Å². The maximum absolute atomic E-state index is 12.5. The van der Waals surface area contributed by atoms with Crippen molar-refractivity contribution in [2.45, 2.75) is 20.4 Å². The molecule has 1 amide bonds. The Bertz CT molecular complexity index is 1000. The van der Waals surface area contributed by atoms with Crippen LogP contribution in [0.3, 0.4) is 0 Å². The highest BCUT2D eigenvalue weighted by Gasteiger charge is 2.16. The first-order chi connectivity index (χ1) is 11.5. The van der Waals surface area contributed by atoms with Crippen molar-refractivity contribution in [3.05, 3.63) is 42.8 Å². The normalized spacial score (nSPS) is 12.1. The Hall–Kier alpha value is -1.34. The molecule has 2 aromatic heterocycles. The van der Waals surface area contributed by atoms with Gasteiger partial charge in [0.15, 0.2) is 4.80 Å². The number of hydrogen-bond acceptors (Lipinski definition) is 4. The number of methoxy groups -OCH3 is 1. The first-order valence-electron chi connectivity index (χ1n) is 7.17. The number of carbonyl (C=O) groups excluding carboxylic acids is 1. The van der Waals surface area contributed by atoms with Gasteiger partial charge in [0.2, 0.25) is 0 Å². The van der Waals surface area contributed by atoms with Crippen LogP contribution in [-0.4, -0.2) is 17.6 Å². The quantitative estimate of drug-likeness (QED) is 0.609. The Morgan fingerprint density at radius 1 is 1.33 bits per heavy atom. The number of fused-ring (bicyclic) bond motifs is 1. The van der Waals surface area contributed by atoms with Crippen molar-refractivity contribution < 1.29 is 9.53 Å². The van der Waals surface area contributed by atoms with Crippen molar-refractivity contribution in [3.63, 3.8) is 0 Å². The fourth-order valence-corrected chi connectivity index (χ4v) is 5.08. The Balaban J connectivity index is 2.24. The van der Waals surface area contributed by atoms with Gasteiger partial charge in [-0.2, -0.15) is 4.99 Å². The number of amides is 1. The highest BCUT2D eigenvalue weighted by Crippen LogP contribution is 2.32. The molecule has 0 aliphatic rings. The van der Waals surface area contributed by atoms with E-state index >= 15 is 0 Å². The zero-order valence-corrected chi connectivity index (χ0v) is 16.4. The van der Waals surface area contributed by atoms with Gasteiger partial charge in [-0.3, -0.25) is 4.79 Å². The molecular weight excluding hydrogens is 387 g/mol. The van der Waals surface area contributed by atoms with Crippen LogP contribution >= 0.6 is 45.9 Å². The van der Waals surface area contributed by atoms with Gasteiger partial charge in [0.05, 0.1) is 21.7 Å². The summed E-state index contributed by atoms with van der Waals surface area (Å²) in [5.41, 5.74) is 2.39. The van der Waals surface area contributed by atoms with Gasteiger partial charge in [0.25, 0.3) is 5.91 Å². The van der Waals surface area contributed by atoms with Crippen molar-refractivity contribution >= 4 is 62.0 Å². The van der Waals surface area contributed by atoms with E-state index in [2.05, 4.69) is 4.99 Å². The average Bonchev–Trinajstić information content (AvgIpc) is 3.08. The predicted octanol–water partition coefficient (Wildman–Crippen LogP) is 5.15. The van der Waals surface area contributed by atoms with Crippen LogP contribution in [0.15, 0.2) is 23.2 Å². The fraction of sp³-hybridized carbons (Fsp3) is 0.250. The van der Waals surface area contributed by atoms with Crippen molar-refractivity contribution in [1.82, 2.24) is 4.57 Å². The van der Waals surface area contributed by atoms with E-state index < -0.39 is 5.91 Å². The summed E-state index contributed by atoms with van der Waals surface area (Å²) in [4.78, 5) is 17.4. The number of thiophene rings is 1. The third-order valence-electron chi connectivity index (χ3n) is 3.61. The molecule has 0 aliphatic heterocycles. The third kappa shape index (κ3) is 2.99. The monoisotopic (exact) mass is 400 g/mol. The molecule has 0 unspecified atom stereocenters. The largest absolute Gasteiger partial charge is 0.495 e. The Kier molecular flexibility index (Phi) is 5.01. The summed E-state index contributed by atoms with van der Waals surface area (Å²) < 4.78 is 9.33. The van der Waals surface area contributed by atoms with Gasteiger partial charge >= 0.3 is 0 Å². The highest BCUT2D eigenvalue weighted by atomic mass is 35.5. The van der Waals surface area contributed by atoms with Crippen LogP contribution < -0.4 is 9.54 Å². The molecule has 0 bridgehead atoms. The van der Waals surface area contributed by atoms with E-state index in [1.54, 1.807) is 13.2 Å². The van der Waals surface area contributed by atoms with Gasteiger partial charge in [0, 0.05) is 6.54 Å². The maximum Gasteiger partial charge on any atom is 0.282 e. The van der Waals surface area contributed by atoms with E-state index in [1.165, 1.54) is 11.3 Å². The second kappa shape index (κ2) is 6.88. The number of aryl methyl sites for hydroxylation is 2. The molecule has 4 nitrogen and oxygen atoms in total. The zero-order valence-electron chi connectivity index (χ0n) is 13.2. The topological polar surface area (TPSA) is 43.6 Å². The Morgan fingerprint density at radius 2 is 2.08 bits per heavy atom. The first kappa shape index (κ1) is 17.5. The number of carbonyl (C=O) groups is 1. The van der Waals surface area contributed by atoms with E-state index in [0.717, 1.165) is 32.9 Å². The number of halogens is 2. The summed E-state index contributed by atoms with van der Waals surface area (Å²) in [6.07, 6.45) is 0. The summed E-state index contributed by atoms with van der Waals surface area (Å²) in [5, 5.41) is 0. The van der Waals surface area contributed by atoms with E-state index in [4.69, 9.17) is 27.9 Å². The molecule has 3 aromatic rings. The number of hydrogen-bond donors (Lipinski definition) is 0. The van der Waals surface area contributed by atoms with Crippen LogP contribution in [0.25, 0.3) is 10.2 Å². The smallest absolute Gasteiger partial charge is 0.282 e. The molecule has 0 spiro atoms. The van der Waals surface area contributed by atoms with Gasteiger partial charge in [0.1, 0.15) is 15.6 Å². The molecule has 0 aliphatic carbocycles. The first-order valence-corrected chi connectivity index (χ1v) is 9.56. The summed E-state index contributed by atoms with van der Waals surface area (Å²) >= 11 is 14.6. The van der Waals surface area contributed by atoms with Gasteiger partial charge in [-0.1, -0.05) is 40.6 Å². The number of rotatable bonds is 3. The number of benzene rings is 1. The molecule has 2 heterocycles. The molecule has 0 N–H and O–H groups in total. The zero-order chi connectivity index (χ0) is 17.4. The molecule has 0 fully saturated rings. The van der Waals surface area contributed by atoms with Crippen molar-refractivity contribution in [3.8, 4) is 5.75 Å². The van der Waals surface area contributed by atoms with E-state index in [9.17, 15) is 4.79 Å². The van der Waals surface area contributed by atoms with E-state index in [1.807, 2.05) is 30.5 Å². The maximum atomic E-state index is 12.5. The molecule has 8 heteroatoms. The third-order valence-corrected chi connectivity index (χ3v) is 6.31. The van der Waals surface area contributed by atoms with Crippen molar-refractivity contribution in [1.29, 1.82) is 0 Å². The van der Waals surface area contributed by atoms with Gasteiger partial charge in [-0.25, -0.2) is 0 Å². The van der Waals surface area contributed by atoms with Crippen LogP contribution in [0.2, 0.25) is 8.67 Å². The minimum Gasteiger partial charge on any atom is -0.495 e. The van der Waals surface area contributed by atoms with Gasteiger partial charge in [-0.05, 0) is 31.5 Å². The van der Waals surface area contributed by atoms with Crippen molar-refractivity contribution in [2.75, 3.05) is 7.11 Å². The van der Waals surface area contributed by atoms with Crippen LogP contribution in [0.4, 0.5) is 0 Å². The lowest BCUT2D eigenvalue weighted by Crippen LogP contribution is -2.16. The lowest BCUT2D eigenvalue weighted by Gasteiger charge is -2.07. The molecule has 24 heavy (non-hydrogen) atoms. The molecule has 0 saturated heterocycles. The molecule has 1 aromatic carbocycles. The molecule has 126 valence electrons. The number of nitrogens with zero attached hydrogens (tertiary/aromatic N) is 2. The van der Waals surface area contributed by atoms with E-state index in [-0.39, 0.29) is 0 Å². The van der Waals surface area contributed by atoms with Gasteiger partial charge in [-0.15, -0.1) is 11.3 Å². The summed E-state index contributed by atoms with van der Waals surface area (Å²) in [7, 11) is 1.64. The van der Waals surface area contributed by atoms with Gasteiger partial charge < -0.3 is 9.30 Å². The summed E-state index contributed by atoms with van der Waals surface area (Å²) in [6.45, 7) is 4.70. The standard InChI is InChI=1S/C16H14Cl2N2O2S2/c1-4-20-12-10(22-3)6-5-8(2)13(12)24-16(20)19-15(21)9-7-11(17)23-14(9)18/h5-7H,4H2,1-3H3. The lowest BCUT2D eigenvalue weighted by atomic mass is 10.2. The Morgan fingerprint density at radius 3 is 2.67 bits per heavy atom. The lowest BCUT2D eigenvalue weighted by molar-refractivity contribution is 0.0998. The Labute approximate surface area is 156 Å². The second-order valence-electron chi connectivity index (χ2n) is 5.05. The highest BCUT2D eigenvalue weighted by molar-refractivity contribution is 7.20. The average molecular weight is 401 g/mol. The minimum absolute atomic E-state index is 0.329. The van der Waals surface area contributed by atoms with Crippen molar-refractivity contribution in [2.24, 2.45) is 4.99 Å². The molecule has 0 radical (unpaired) electrons. The number of thiazole rings is 1. The summed E-state index contributed by atoms with van der Waals surface area (Å²) in [6, 6.07) is 5.48. The van der Waals surface area contributed by atoms with Crippen LogP contribution in [0.5, 0.6) is 5.75 Å².